The van der Waals surface area contributed by atoms with Crippen LogP contribution in [-0.4, -0.2) is 76.0 Å². The predicted molar refractivity (Wildman–Crippen MR) is 124 cm³/mol. The second-order valence-electron chi connectivity index (χ2n) is 8.69. The maximum Gasteiger partial charge on any atom is 0.161 e. The van der Waals surface area contributed by atoms with Crippen LogP contribution in [0.1, 0.15) is 22.3 Å². The summed E-state index contributed by atoms with van der Waals surface area (Å²) in [6.07, 6.45) is -1.86. The highest BCUT2D eigenvalue weighted by Crippen LogP contribution is 2.25. The zero-order chi connectivity index (χ0) is 23.4. The van der Waals surface area contributed by atoms with Gasteiger partial charge in [0.2, 0.25) is 0 Å². The molecule has 1 fully saturated rings. The number of aliphatic hydroxyl groups is 4. The smallest absolute Gasteiger partial charge is 0.161 e. The first-order valence-corrected chi connectivity index (χ1v) is 11.2. The van der Waals surface area contributed by atoms with E-state index in [1.807, 2.05) is 31.2 Å². The average Bonchev–Trinajstić information content (AvgIpc) is 2.82. The predicted octanol–water partition coefficient (Wildman–Crippen LogP) is 1.21. The number of aryl methyl sites for hydroxylation is 1. The Hall–Kier alpha value is -2.62. The second kappa shape index (κ2) is 10.5. The number of nitrogens with one attached hydrogen (secondary N) is 1. The van der Waals surface area contributed by atoms with E-state index in [1.165, 1.54) is 0 Å². The fraction of sp³-hybridized carbons (Fsp3) is 0.440. The molecule has 4 atom stereocenters. The number of anilines is 1. The molecule has 0 aromatic heterocycles. The summed E-state index contributed by atoms with van der Waals surface area (Å²) in [4.78, 5) is 1.81. The average molecular weight is 457 g/mol. The van der Waals surface area contributed by atoms with Crippen LogP contribution in [0, 0.1) is 6.92 Å². The molecule has 33 heavy (non-hydrogen) atoms. The third kappa shape index (κ3) is 5.66. The number of piperidine rings is 1. The van der Waals surface area contributed by atoms with Crippen molar-refractivity contribution in [2.45, 2.75) is 44.4 Å². The first-order valence-electron chi connectivity index (χ1n) is 11.2. The monoisotopic (exact) mass is 456 g/mol. The standard InChI is InChI=1S/C25H32N2O6/c1-16-7-19(23-15-32-5-6-33-23)10-20(8-16)26-11-17-3-2-4-18(9-17)12-27-13-22(29)25(31)24(30)21(27)14-28/h2-4,7-10,15,21-22,24-26,28-31H,5-6,11-14H2,1H3/t21-,22+,24-,25-/m1/s1. The first-order chi connectivity index (χ1) is 15.9. The molecule has 5 N–H and O–H groups in total. The van der Waals surface area contributed by atoms with Crippen molar-refractivity contribution in [2.24, 2.45) is 0 Å². The van der Waals surface area contributed by atoms with Crippen LogP contribution >= 0.6 is 0 Å². The molecule has 0 bridgehead atoms. The summed E-state index contributed by atoms with van der Waals surface area (Å²) in [5.41, 5.74) is 5.11. The van der Waals surface area contributed by atoms with Crippen molar-refractivity contribution >= 4 is 11.4 Å². The van der Waals surface area contributed by atoms with Gasteiger partial charge in [-0.1, -0.05) is 24.3 Å². The van der Waals surface area contributed by atoms with Gasteiger partial charge in [-0.15, -0.1) is 0 Å². The fourth-order valence-corrected chi connectivity index (χ4v) is 4.38. The SMILES string of the molecule is Cc1cc(NCc2cccc(CN3C[C@H](O)[C@@H](O)[C@H](O)[C@H]3CO)c2)cc(C2=COCCO2)c1. The van der Waals surface area contributed by atoms with E-state index in [9.17, 15) is 20.4 Å². The number of likely N-dealkylation sites (tertiary alicyclic amines) is 1. The number of aliphatic hydroxyl groups excluding tert-OH is 4. The van der Waals surface area contributed by atoms with Gasteiger partial charge in [-0.25, -0.2) is 0 Å². The molecule has 0 spiro atoms. The summed E-state index contributed by atoms with van der Waals surface area (Å²) in [5.74, 6) is 0.726. The molecule has 4 rings (SSSR count). The van der Waals surface area contributed by atoms with E-state index in [2.05, 4.69) is 23.5 Å². The number of hydrogen-bond donors (Lipinski definition) is 5. The molecule has 178 valence electrons. The highest BCUT2D eigenvalue weighted by molar-refractivity contribution is 5.65. The maximum absolute atomic E-state index is 10.2. The molecule has 2 aromatic rings. The highest BCUT2D eigenvalue weighted by atomic mass is 16.6. The molecule has 8 nitrogen and oxygen atoms in total. The molecule has 0 radical (unpaired) electrons. The van der Waals surface area contributed by atoms with Gasteiger partial charge in [0.15, 0.2) is 5.76 Å². The fourth-order valence-electron chi connectivity index (χ4n) is 4.38. The van der Waals surface area contributed by atoms with Crippen LogP contribution < -0.4 is 5.32 Å². The third-order valence-corrected chi connectivity index (χ3v) is 6.10. The number of benzene rings is 2. The molecule has 2 aliphatic rings. The summed E-state index contributed by atoms with van der Waals surface area (Å²) in [5, 5.41) is 43.3. The second-order valence-corrected chi connectivity index (χ2v) is 8.69. The first kappa shape index (κ1) is 23.5. The third-order valence-electron chi connectivity index (χ3n) is 6.10. The molecular formula is C25H32N2O6. The Balaban J connectivity index is 1.43. The number of rotatable bonds is 7. The van der Waals surface area contributed by atoms with Crippen LogP contribution in [-0.2, 0) is 22.6 Å². The van der Waals surface area contributed by atoms with Crippen LogP contribution in [0.25, 0.3) is 5.76 Å². The quantitative estimate of drug-likeness (QED) is 0.423. The molecule has 2 heterocycles. The largest absolute Gasteiger partial charge is 0.494 e. The van der Waals surface area contributed by atoms with Crippen LogP contribution in [0.3, 0.4) is 0 Å². The van der Waals surface area contributed by atoms with Crippen LogP contribution in [0.15, 0.2) is 48.7 Å². The number of β-amino-alcohol motifs (C(OH)–C–C–N with tert-alkyl or cyclic N) is 1. The molecule has 0 aliphatic carbocycles. The molecule has 2 aliphatic heterocycles. The van der Waals surface area contributed by atoms with Gasteiger partial charge in [-0.05, 0) is 41.8 Å². The van der Waals surface area contributed by atoms with Gasteiger partial charge in [0.25, 0.3) is 0 Å². The van der Waals surface area contributed by atoms with E-state index in [0.29, 0.717) is 26.3 Å². The number of hydrogen-bond acceptors (Lipinski definition) is 8. The highest BCUT2D eigenvalue weighted by Gasteiger charge is 2.40. The Kier molecular flexibility index (Phi) is 7.52. The Morgan fingerprint density at radius 2 is 1.85 bits per heavy atom. The molecule has 0 unspecified atom stereocenters. The van der Waals surface area contributed by atoms with Crippen LogP contribution in [0.4, 0.5) is 5.69 Å². The van der Waals surface area contributed by atoms with Crippen molar-refractivity contribution in [3.63, 3.8) is 0 Å². The van der Waals surface area contributed by atoms with E-state index < -0.39 is 24.4 Å². The maximum atomic E-state index is 10.2. The van der Waals surface area contributed by atoms with Gasteiger partial charge >= 0.3 is 0 Å². The Labute approximate surface area is 193 Å². The number of nitrogens with zero attached hydrogens (tertiary/aromatic N) is 1. The van der Waals surface area contributed by atoms with Gasteiger partial charge in [0.1, 0.15) is 31.7 Å². The summed E-state index contributed by atoms with van der Waals surface area (Å²) in [6.45, 7) is 4.07. The van der Waals surface area contributed by atoms with Crippen molar-refractivity contribution in [3.8, 4) is 0 Å². The van der Waals surface area contributed by atoms with Gasteiger partial charge < -0.3 is 35.2 Å². The van der Waals surface area contributed by atoms with Gasteiger partial charge in [0.05, 0.1) is 18.8 Å². The molecule has 8 heteroatoms. The van der Waals surface area contributed by atoms with Crippen LogP contribution in [0.2, 0.25) is 0 Å². The summed E-state index contributed by atoms with van der Waals surface area (Å²) in [7, 11) is 0. The zero-order valence-corrected chi connectivity index (χ0v) is 18.7. The minimum Gasteiger partial charge on any atom is -0.494 e. The topological polar surface area (TPSA) is 115 Å². The van der Waals surface area contributed by atoms with Gasteiger partial charge in [-0.3, -0.25) is 4.90 Å². The summed E-state index contributed by atoms with van der Waals surface area (Å²) in [6, 6.07) is 13.6. The normalized spacial score (nSPS) is 25.7. The number of ether oxygens (including phenoxy) is 2. The minimum atomic E-state index is -1.26. The lowest BCUT2D eigenvalue weighted by atomic mass is 9.93. The van der Waals surface area contributed by atoms with E-state index in [0.717, 1.165) is 33.7 Å². The van der Waals surface area contributed by atoms with Crippen molar-refractivity contribution in [1.29, 1.82) is 0 Å². The van der Waals surface area contributed by atoms with E-state index in [4.69, 9.17) is 9.47 Å². The molecule has 2 aromatic carbocycles. The van der Waals surface area contributed by atoms with Gasteiger partial charge in [0, 0.05) is 30.9 Å². The van der Waals surface area contributed by atoms with Crippen molar-refractivity contribution in [2.75, 3.05) is 31.7 Å². The van der Waals surface area contributed by atoms with E-state index >= 15 is 0 Å². The van der Waals surface area contributed by atoms with Crippen molar-refractivity contribution in [1.82, 2.24) is 4.90 Å². The zero-order valence-electron chi connectivity index (χ0n) is 18.7. The molecular weight excluding hydrogens is 424 g/mol. The molecule has 0 amide bonds. The minimum absolute atomic E-state index is 0.180. The molecule has 1 saturated heterocycles. The lowest BCUT2D eigenvalue weighted by Gasteiger charge is -2.43. The summed E-state index contributed by atoms with van der Waals surface area (Å²) < 4.78 is 11.1. The Bertz CT molecular complexity index is 981. The molecule has 0 saturated carbocycles. The van der Waals surface area contributed by atoms with Gasteiger partial charge in [-0.2, -0.15) is 0 Å². The lowest BCUT2D eigenvalue weighted by Crippen LogP contribution is -2.62. The summed E-state index contributed by atoms with van der Waals surface area (Å²) >= 11 is 0. The Morgan fingerprint density at radius 1 is 1.03 bits per heavy atom. The van der Waals surface area contributed by atoms with Crippen molar-refractivity contribution in [3.05, 3.63) is 71.0 Å². The van der Waals surface area contributed by atoms with Crippen LogP contribution in [0.5, 0.6) is 0 Å². The van der Waals surface area contributed by atoms with E-state index in [1.54, 1.807) is 11.2 Å². The van der Waals surface area contributed by atoms with E-state index in [-0.39, 0.29) is 13.2 Å². The van der Waals surface area contributed by atoms with Crippen molar-refractivity contribution < 1.29 is 29.9 Å². The Morgan fingerprint density at radius 3 is 2.61 bits per heavy atom. The lowest BCUT2D eigenvalue weighted by molar-refractivity contribution is -0.147.